The molecule has 1 aromatic rings. The minimum atomic E-state index is -0.0684. The van der Waals surface area contributed by atoms with Crippen molar-refractivity contribution < 1.29 is 9.53 Å². The summed E-state index contributed by atoms with van der Waals surface area (Å²) in [5.41, 5.74) is 0. The highest BCUT2D eigenvalue weighted by Gasteiger charge is 2.16. The van der Waals surface area contributed by atoms with Gasteiger partial charge in [-0.3, -0.25) is 9.69 Å². The normalized spacial score (nSPS) is 11.2. The van der Waals surface area contributed by atoms with Crippen molar-refractivity contribution in [1.29, 1.82) is 0 Å². The molecule has 0 saturated carbocycles. The van der Waals surface area contributed by atoms with Crippen molar-refractivity contribution in [2.75, 3.05) is 18.6 Å². The van der Waals surface area contributed by atoms with E-state index in [9.17, 15) is 4.79 Å². The van der Waals surface area contributed by atoms with E-state index in [0.717, 1.165) is 5.82 Å². The van der Waals surface area contributed by atoms with Crippen LogP contribution in [0.3, 0.4) is 0 Å². The lowest BCUT2D eigenvalue weighted by atomic mass is 10.4. The van der Waals surface area contributed by atoms with E-state index < -0.39 is 0 Å². The molecule has 0 unspecified atom stereocenters. The Balaban J connectivity index is 2.71. The third-order valence-electron chi connectivity index (χ3n) is 2.40. The molecule has 1 amide bonds. The minimum absolute atomic E-state index is 0.0577. The molecule has 5 heteroatoms. The van der Waals surface area contributed by atoms with E-state index in [4.69, 9.17) is 4.74 Å². The Morgan fingerprint density at radius 1 is 1.47 bits per heavy atom. The number of nitrogens with zero attached hydrogens (tertiary/aromatic N) is 3. The van der Waals surface area contributed by atoms with Crippen LogP contribution in [0.25, 0.3) is 0 Å². The highest BCUT2D eigenvalue weighted by Crippen LogP contribution is 2.17. The van der Waals surface area contributed by atoms with Crippen LogP contribution in [0.2, 0.25) is 0 Å². The van der Waals surface area contributed by atoms with Gasteiger partial charge in [-0.1, -0.05) is 0 Å². The van der Waals surface area contributed by atoms with Crippen molar-refractivity contribution in [3.05, 3.63) is 12.3 Å². The first-order valence-corrected chi connectivity index (χ1v) is 5.85. The molecular weight excluding hydrogens is 218 g/mol. The van der Waals surface area contributed by atoms with Crippen LogP contribution >= 0.6 is 0 Å². The maximum absolute atomic E-state index is 11.9. The maximum atomic E-state index is 11.9. The zero-order chi connectivity index (χ0) is 13.0. The van der Waals surface area contributed by atoms with Gasteiger partial charge in [0.05, 0.1) is 12.3 Å². The minimum Gasteiger partial charge on any atom is -0.369 e. The first-order chi connectivity index (χ1) is 7.93. The smallest absolute Gasteiger partial charge is 0.253 e. The zero-order valence-corrected chi connectivity index (χ0v) is 11.2. The van der Waals surface area contributed by atoms with Gasteiger partial charge in [0.15, 0.2) is 0 Å². The number of likely N-dealkylation sites (N-methyl/N-ethyl adjacent to an activating group) is 1. The Bertz CT molecular complexity index is 372. The van der Waals surface area contributed by atoms with Gasteiger partial charge >= 0.3 is 0 Å². The Kier molecular flexibility index (Phi) is 4.69. The number of amides is 1. The SMILES string of the molecule is CC(C)OCC(=O)N(C)c1ccnn1C(C)C. The highest BCUT2D eigenvalue weighted by molar-refractivity contribution is 5.92. The standard InChI is InChI=1S/C12H21N3O2/c1-9(2)15-11(6-7-13-15)14(5)12(16)8-17-10(3)4/h6-7,9-10H,8H2,1-5H3. The van der Waals surface area contributed by atoms with Gasteiger partial charge in [-0.15, -0.1) is 0 Å². The lowest BCUT2D eigenvalue weighted by Gasteiger charge is -2.20. The summed E-state index contributed by atoms with van der Waals surface area (Å²) < 4.78 is 7.12. The van der Waals surface area contributed by atoms with Gasteiger partial charge in [-0.05, 0) is 27.7 Å². The van der Waals surface area contributed by atoms with Gasteiger partial charge in [0, 0.05) is 19.2 Å². The molecule has 1 aromatic heterocycles. The molecule has 5 nitrogen and oxygen atoms in total. The molecule has 0 aromatic carbocycles. The van der Waals surface area contributed by atoms with Crippen LogP contribution in [0.15, 0.2) is 12.3 Å². The van der Waals surface area contributed by atoms with Crippen LogP contribution < -0.4 is 4.90 Å². The average Bonchev–Trinajstić information content (AvgIpc) is 2.73. The Morgan fingerprint density at radius 3 is 2.65 bits per heavy atom. The summed E-state index contributed by atoms with van der Waals surface area (Å²) >= 11 is 0. The Hall–Kier alpha value is -1.36. The largest absolute Gasteiger partial charge is 0.369 e. The predicted molar refractivity (Wildman–Crippen MR) is 67.1 cm³/mol. The first-order valence-electron chi connectivity index (χ1n) is 5.85. The molecule has 0 N–H and O–H groups in total. The highest BCUT2D eigenvalue weighted by atomic mass is 16.5. The van der Waals surface area contributed by atoms with Crippen LogP contribution in [0, 0.1) is 0 Å². The van der Waals surface area contributed by atoms with Crippen molar-refractivity contribution in [2.45, 2.75) is 39.8 Å². The molecule has 0 fully saturated rings. The van der Waals surface area contributed by atoms with Gasteiger partial charge in [0.25, 0.3) is 5.91 Å². The van der Waals surface area contributed by atoms with Crippen LogP contribution in [-0.2, 0) is 9.53 Å². The molecule has 0 bridgehead atoms. The maximum Gasteiger partial charge on any atom is 0.253 e. The van der Waals surface area contributed by atoms with Crippen LogP contribution in [-0.4, -0.2) is 35.4 Å². The molecule has 1 heterocycles. The van der Waals surface area contributed by atoms with Crippen molar-refractivity contribution in [3.63, 3.8) is 0 Å². The molecular formula is C12H21N3O2. The molecule has 0 spiro atoms. The summed E-state index contributed by atoms with van der Waals surface area (Å²) in [7, 11) is 1.74. The summed E-state index contributed by atoms with van der Waals surface area (Å²) in [6.07, 6.45) is 1.75. The monoisotopic (exact) mass is 239 g/mol. The summed E-state index contributed by atoms with van der Waals surface area (Å²) in [6, 6.07) is 2.05. The van der Waals surface area contributed by atoms with Gasteiger partial charge in [0.1, 0.15) is 12.4 Å². The van der Waals surface area contributed by atoms with Crippen molar-refractivity contribution >= 4 is 11.7 Å². The van der Waals surface area contributed by atoms with E-state index in [-0.39, 0.29) is 24.7 Å². The van der Waals surface area contributed by atoms with Gasteiger partial charge in [-0.25, -0.2) is 4.68 Å². The van der Waals surface area contributed by atoms with E-state index in [1.54, 1.807) is 18.1 Å². The van der Waals surface area contributed by atoms with E-state index in [1.807, 2.05) is 38.4 Å². The van der Waals surface area contributed by atoms with Crippen molar-refractivity contribution in [2.24, 2.45) is 0 Å². The molecule has 96 valence electrons. The lowest BCUT2D eigenvalue weighted by Crippen LogP contribution is -2.33. The number of carbonyl (C=O) groups is 1. The fourth-order valence-corrected chi connectivity index (χ4v) is 1.43. The summed E-state index contributed by atoms with van der Waals surface area (Å²) in [6.45, 7) is 7.97. The van der Waals surface area contributed by atoms with Crippen LogP contribution in [0.5, 0.6) is 0 Å². The number of ether oxygens (including phenoxy) is 1. The number of anilines is 1. The number of carbonyl (C=O) groups excluding carboxylic acids is 1. The summed E-state index contributed by atoms with van der Waals surface area (Å²) in [5.74, 6) is 0.721. The van der Waals surface area contributed by atoms with Crippen molar-refractivity contribution in [1.82, 2.24) is 9.78 Å². The topological polar surface area (TPSA) is 47.4 Å². The van der Waals surface area contributed by atoms with Gasteiger partial charge in [-0.2, -0.15) is 5.10 Å². The third-order valence-corrected chi connectivity index (χ3v) is 2.40. The molecule has 0 atom stereocenters. The molecule has 0 aliphatic carbocycles. The Labute approximate surface area is 102 Å². The van der Waals surface area contributed by atoms with E-state index in [2.05, 4.69) is 5.10 Å². The second kappa shape index (κ2) is 5.82. The quantitative estimate of drug-likeness (QED) is 0.788. The molecule has 1 rings (SSSR count). The number of aromatic nitrogens is 2. The fraction of sp³-hybridized carbons (Fsp3) is 0.667. The zero-order valence-electron chi connectivity index (χ0n) is 11.2. The van der Waals surface area contributed by atoms with Crippen molar-refractivity contribution in [3.8, 4) is 0 Å². The summed E-state index contributed by atoms with van der Waals surface area (Å²) in [5, 5.41) is 4.20. The predicted octanol–water partition coefficient (Wildman–Crippen LogP) is 1.85. The van der Waals surface area contributed by atoms with Gasteiger partial charge < -0.3 is 4.74 Å². The summed E-state index contributed by atoms with van der Waals surface area (Å²) in [4.78, 5) is 13.5. The molecule has 0 aliphatic rings. The molecule has 0 radical (unpaired) electrons. The number of hydrogen-bond acceptors (Lipinski definition) is 3. The molecule has 17 heavy (non-hydrogen) atoms. The van der Waals surface area contributed by atoms with E-state index >= 15 is 0 Å². The number of rotatable bonds is 5. The fourth-order valence-electron chi connectivity index (χ4n) is 1.43. The van der Waals surface area contributed by atoms with Crippen LogP contribution in [0.1, 0.15) is 33.7 Å². The van der Waals surface area contributed by atoms with Crippen LogP contribution in [0.4, 0.5) is 5.82 Å². The molecule has 0 saturated heterocycles. The second-order valence-electron chi connectivity index (χ2n) is 4.54. The Morgan fingerprint density at radius 2 is 2.12 bits per heavy atom. The molecule has 0 aliphatic heterocycles. The lowest BCUT2D eigenvalue weighted by molar-refractivity contribution is -0.124. The third kappa shape index (κ3) is 3.56. The number of hydrogen-bond donors (Lipinski definition) is 0. The second-order valence-corrected chi connectivity index (χ2v) is 4.54. The van der Waals surface area contributed by atoms with E-state index in [0.29, 0.717) is 0 Å². The van der Waals surface area contributed by atoms with E-state index in [1.165, 1.54) is 0 Å². The van der Waals surface area contributed by atoms with Gasteiger partial charge in [0.2, 0.25) is 0 Å². The first kappa shape index (κ1) is 13.7. The average molecular weight is 239 g/mol.